The third-order valence-corrected chi connectivity index (χ3v) is 1.63. The lowest BCUT2D eigenvalue weighted by molar-refractivity contribution is -0.106. The Kier molecular flexibility index (Phi) is 3.54. The summed E-state index contributed by atoms with van der Waals surface area (Å²) in [6.07, 6.45) is 1.83. The van der Waals surface area contributed by atoms with Gasteiger partial charge in [-0.25, -0.2) is 0 Å². The number of aldehydes is 1. The Balaban J connectivity index is 2.83. The number of hydrogen-bond donors (Lipinski definition) is 0. The van der Waals surface area contributed by atoms with Crippen LogP contribution in [0.5, 0.6) is 0 Å². The van der Waals surface area contributed by atoms with Crippen molar-refractivity contribution in [3.8, 4) is 0 Å². The van der Waals surface area contributed by atoms with Gasteiger partial charge in [0.1, 0.15) is 5.69 Å². The van der Waals surface area contributed by atoms with E-state index in [1.807, 2.05) is 0 Å². The van der Waals surface area contributed by atoms with Gasteiger partial charge in [-0.1, -0.05) is 6.07 Å². The molecule has 1 aromatic rings. The predicted molar refractivity (Wildman–Crippen MR) is 46.4 cm³/mol. The predicted octanol–water partition coefficient (Wildman–Crippen LogP) is 1.19. The van der Waals surface area contributed by atoms with Crippen molar-refractivity contribution in [2.45, 2.75) is 6.29 Å². The van der Waals surface area contributed by atoms with Crippen LogP contribution in [-0.2, 0) is 9.47 Å². The molecule has 0 aliphatic heterocycles. The second-order valence-electron chi connectivity index (χ2n) is 2.44. The Bertz CT molecular complexity index is 267. The maximum absolute atomic E-state index is 10.3. The zero-order chi connectivity index (χ0) is 9.68. The molecule has 0 saturated carbocycles. The van der Waals surface area contributed by atoms with Crippen molar-refractivity contribution < 1.29 is 14.3 Å². The van der Waals surface area contributed by atoms with Crippen molar-refractivity contribution in [2.75, 3.05) is 14.2 Å². The first-order valence-corrected chi connectivity index (χ1v) is 3.78. The summed E-state index contributed by atoms with van der Waals surface area (Å²) in [5.41, 5.74) is 1.19. The first kappa shape index (κ1) is 9.83. The summed E-state index contributed by atoms with van der Waals surface area (Å²) in [6.45, 7) is 0. The average Bonchev–Trinajstić information content (AvgIpc) is 2.21. The summed E-state index contributed by atoms with van der Waals surface area (Å²) in [4.78, 5) is 14.2. The molecule has 1 aromatic heterocycles. The second-order valence-corrected chi connectivity index (χ2v) is 2.44. The quantitative estimate of drug-likeness (QED) is 0.517. The van der Waals surface area contributed by atoms with Crippen LogP contribution < -0.4 is 0 Å². The first-order chi connectivity index (χ1) is 6.31. The van der Waals surface area contributed by atoms with Gasteiger partial charge in [-0.15, -0.1) is 0 Å². The summed E-state index contributed by atoms with van der Waals surface area (Å²) in [6, 6.07) is 3.36. The number of carbonyl (C=O) groups excluding carboxylic acids is 1. The fraction of sp³-hybridized carbons (Fsp3) is 0.333. The van der Waals surface area contributed by atoms with Crippen LogP contribution in [0.15, 0.2) is 18.3 Å². The summed E-state index contributed by atoms with van der Waals surface area (Å²) in [7, 11) is 3.09. The van der Waals surface area contributed by atoms with E-state index in [2.05, 4.69) is 4.98 Å². The molecule has 0 N–H and O–H groups in total. The van der Waals surface area contributed by atoms with Gasteiger partial charge in [0, 0.05) is 26.0 Å². The largest absolute Gasteiger partial charge is 0.352 e. The van der Waals surface area contributed by atoms with E-state index in [-0.39, 0.29) is 0 Å². The lowest BCUT2D eigenvalue weighted by atomic mass is 10.2. The van der Waals surface area contributed by atoms with Crippen LogP contribution in [0.2, 0.25) is 0 Å². The van der Waals surface area contributed by atoms with Gasteiger partial charge in [0.25, 0.3) is 0 Å². The number of pyridine rings is 1. The van der Waals surface area contributed by atoms with Crippen LogP contribution in [0.25, 0.3) is 0 Å². The highest BCUT2D eigenvalue weighted by molar-refractivity contribution is 5.71. The minimum absolute atomic E-state index is 0.398. The van der Waals surface area contributed by atoms with Gasteiger partial charge in [-0.3, -0.25) is 9.78 Å². The Morgan fingerprint density at radius 2 is 2.08 bits per heavy atom. The molecule has 0 saturated heterocycles. The fourth-order valence-corrected chi connectivity index (χ4v) is 0.994. The molecule has 0 bridgehead atoms. The highest BCUT2D eigenvalue weighted by Gasteiger charge is 2.08. The summed E-state index contributed by atoms with van der Waals surface area (Å²) in [5, 5.41) is 0. The lowest BCUT2D eigenvalue weighted by Crippen LogP contribution is -2.04. The Morgan fingerprint density at radius 1 is 1.38 bits per heavy atom. The second kappa shape index (κ2) is 4.69. The molecule has 4 nitrogen and oxygen atoms in total. The Hall–Kier alpha value is -1.26. The van der Waals surface area contributed by atoms with Crippen molar-refractivity contribution in [2.24, 2.45) is 0 Å². The summed E-state index contributed by atoms with van der Waals surface area (Å²) in [5.74, 6) is 0. The smallest absolute Gasteiger partial charge is 0.184 e. The van der Waals surface area contributed by atoms with Gasteiger partial charge in [0.2, 0.25) is 0 Å². The minimum Gasteiger partial charge on any atom is -0.352 e. The Morgan fingerprint density at radius 3 is 2.46 bits per heavy atom. The highest BCUT2D eigenvalue weighted by Crippen LogP contribution is 2.15. The molecule has 0 unspecified atom stereocenters. The first-order valence-electron chi connectivity index (χ1n) is 3.78. The number of rotatable bonds is 4. The number of ether oxygens (including phenoxy) is 2. The normalized spacial score (nSPS) is 10.4. The van der Waals surface area contributed by atoms with Crippen molar-refractivity contribution >= 4 is 6.29 Å². The number of nitrogens with zero attached hydrogens (tertiary/aromatic N) is 1. The molecule has 4 heteroatoms. The molecule has 0 aliphatic carbocycles. The molecule has 0 aromatic carbocycles. The van der Waals surface area contributed by atoms with Gasteiger partial charge < -0.3 is 9.47 Å². The van der Waals surface area contributed by atoms with Crippen LogP contribution >= 0.6 is 0 Å². The van der Waals surface area contributed by atoms with Crippen LogP contribution in [0.3, 0.4) is 0 Å². The van der Waals surface area contributed by atoms with Gasteiger partial charge in [0.05, 0.1) is 0 Å². The van der Waals surface area contributed by atoms with E-state index in [0.717, 1.165) is 5.56 Å². The van der Waals surface area contributed by atoms with E-state index in [0.29, 0.717) is 12.0 Å². The molecule has 0 amide bonds. The van der Waals surface area contributed by atoms with E-state index in [1.54, 1.807) is 32.5 Å². The van der Waals surface area contributed by atoms with E-state index in [9.17, 15) is 4.79 Å². The molecular formula is C9H11NO3. The molecule has 70 valence electrons. The maximum atomic E-state index is 10.3. The number of hydrogen-bond acceptors (Lipinski definition) is 4. The molecular weight excluding hydrogens is 170 g/mol. The van der Waals surface area contributed by atoms with Crippen LogP contribution in [0.1, 0.15) is 22.3 Å². The SMILES string of the molecule is COC(OC)c1ccc(C=O)nc1. The maximum Gasteiger partial charge on any atom is 0.184 e. The minimum atomic E-state index is -0.423. The van der Waals surface area contributed by atoms with Crippen molar-refractivity contribution in [3.63, 3.8) is 0 Å². The fourth-order valence-electron chi connectivity index (χ4n) is 0.994. The van der Waals surface area contributed by atoms with Gasteiger partial charge in [-0.05, 0) is 6.07 Å². The van der Waals surface area contributed by atoms with Crippen molar-refractivity contribution in [1.29, 1.82) is 0 Å². The van der Waals surface area contributed by atoms with Crippen LogP contribution in [-0.4, -0.2) is 25.5 Å². The topological polar surface area (TPSA) is 48.4 Å². The van der Waals surface area contributed by atoms with Gasteiger partial charge in [0.15, 0.2) is 12.6 Å². The number of aromatic nitrogens is 1. The molecule has 0 fully saturated rings. The average molecular weight is 181 g/mol. The molecule has 1 rings (SSSR count). The zero-order valence-electron chi connectivity index (χ0n) is 7.56. The number of methoxy groups -OCH3 is 2. The monoisotopic (exact) mass is 181 g/mol. The molecule has 1 heterocycles. The van der Waals surface area contributed by atoms with E-state index in [4.69, 9.17) is 9.47 Å². The summed E-state index contributed by atoms with van der Waals surface area (Å²) >= 11 is 0. The van der Waals surface area contributed by atoms with E-state index in [1.165, 1.54) is 0 Å². The molecule has 0 radical (unpaired) electrons. The number of carbonyl (C=O) groups is 1. The molecule has 0 aliphatic rings. The van der Waals surface area contributed by atoms with Crippen molar-refractivity contribution in [3.05, 3.63) is 29.6 Å². The molecule has 0 atom stereocenters. The third-order valence-electron chi connectivity index (χ3n) is 1.63. The zero-order valence-corrected chi connectivity index (χ0v) is 7.56. The van der Waals surface area contributed by atoms with E-state index >= 15 is 0 Å². The standard InChI is InChI=1S/C9H11NO3/c1-12-9(13-2)7-3-4-8(6-11)10-5-7/h3-6,9H,1-2H3. The third kappa shape index (κ3) is 2.34. The highest BCUT2D eigenvalue weighted by atomic mass is 16.7. The van der Waals surface area contributed by atoms with Crippen LogP contribution in [0, 0.1) is 0 Å². The molecule has 13 heavy (non-hydrogen) atoms. The van der Waals surface area contributed by atoms with Gasteiger partial charge in [-0.2, -0.15) is 0 Å². The Labute approximate surface area is 76.5 Å². The van der Waals surface area contributed by atoms with Crippen molar-refractivity contribution in [1.82, 2.24) is 4.98 Å². The molecule has 0 spiro atoms. The summed E-state index contributed by atoms with van der Waals surface area (Å²) < 4.78 is 10.0. The van der Waals surface area contributed by atoms with Gasteiger partial charge >= 0.3 is 0 Å². The lowest BCUT2D eigenvalue weighted by Gasteiger charge is -2.12. The van der Waals surface area contributed by atoms with E-state index < -0.39 is 6.29 Å². The van der Waals surface area contributed by atoms with Crippen LogP contribution in [0.4, 0.5) is 0 Å².